The Morgan fingerprint density at radius 3 is 2.91 bits per heavy atom. The van der Waals surface area contributed by atoms with Gasteiger partial charge in [0, 0.05) is 18.5 Å². The van der Waals surface area contributed by atoms with Gasteiger partial charge >= 0.3 is 0 Å². The van der Waals surface area contributed by atoms with Crippen molar-refractivity contribution >= 4 is 16.7 Å². The first kappa shape index (κ1) is 14.0. The molecule has 0 amide bonds. The average molecular weight is 305 g/mol. The van der Waals surface area contributed by atoms with E-state index in [1.54, 1.807) is 12.4 Å². The zero-order chi connectivity index (χ0) is 15.8. The van der Waals surface area contributed by atoms with Gasteiger partial charge in [0.2, 0.25) is 0 Å². The van der Waals surface area contributed by atoms with Gasteiger partial charge in [-0.05, 0) is 54.7 Å². The first-order valence-electron chi connectivity index (χ1n) is 7.98. The number of rotatable bonds is 1. The van der Waals surface area contributed by atoms with Crippen LogP contribution in [0.2, 0.25) is 0 Å². The summed E-state index contributed by atoms with van der Waals surface area (Å²) in [6.07, 6.45) is 3.76. The molecule has 1 aromatic heterocycles. The fraction of sp³-hybridized carbons (Fsp3) is 0.263. The van der Waals surface area contributed by atoms with Gasteiger partial charge < -0.3 is 10.0 Å². The van der Waals surface area contributed by atoms with Crippen molar-refractivity contribution in [1.82, 2.24) is 9.97 Å². The molecular formula is C19H19N3O. The third-order valence-corrected chi connectivity index (χ3v) is 4.58. The third-order valence-electron chi connectivity index (χ3n) is 4.58. The molecule has 0 spiro atoms. The number of phenols is 1. The summed E-state index contributed by atoms with van der Waals surface area (Å²) in [4.78, 5) is 11.3. The standard InChI is InChI=1S/C19H19N3O/c1-13-4-2-6-17-18(13)19(21-12-20-17)22-9-3-5-14-7-8-16(23)10-15(14)11-22/h2,4,6-8,10,12,23H,3,5,9,11H2,1H3. The summed E-state index contributed by atoms with van der Waals surface area (Å²) in [7, 11) is 0. The van der Waals surface area contributed by atoms with Gasteiger partial charge in [-0.2, -0.15) is 0 Å². The second-order valence-corrected chi connectivity index (χ2v) is 6.14. The van der Waals surface area contributed by atoms with Crippen molar-refractivity contribution in [2.75, 3.05) is 11.4 Å². The molecule has 0 saturated heterocycles. The van der Waals surface area contributed by atoms with Crippen LogP contribution in [0.3, 0.4) is 0 Å². The van der Waals surface area contributed by atoms with Gasteiger partial charge in [-0.15, -0.1) is 0 Å². The number of benzene rings is 2. The highest BCUT2D eigenvalue weighted by molar-refractivity contribution is 5.92. The highest BCUT2D eigenvalue weighted by atomic mass is 16.3. The van der Waals surface area contributed by atoms with E-state index in [2.05, 4.69) is 27.9 Å². The maximum atomic E-state index is 9.81. The van der Waals surface area contributed by atoms with Crippen molar-refractivity contribution in [1.29, 1.82) is 0 Å². The first-order chi connectivity index (χ1) is 11.2. The van der Waals surface area contributed by atoms with E-state index in [1.165, 1.54) is 16.7 Å². The number of aryl methyl sites for hydroxylation is 2. The number of phenolic OH excluding ortho intramolecular Hbond substituents is 1. The van der Waals surface area contributed by atoms with Crippen LogP contribution in [0.4, 0.5) is 5.82 Å². The average Bonchev–Trinajstić information content (AvgIpc) is 2.76. The first-order valence-corrected chi connectivity index (χ1v) is 7.98. The summed E-state index contributed by atoms with van der Waals surface area (Å²) in [6.45, 7) is 3.83. The van der Waals surface area contributed by atoms with Crippen molar-refractivity contribution in [3.05, 3.63) is 59.4 Å². The predicted octanol–water partition coefficient (Wildman–Crippen LogP) is 3.60. The van der Waals surface area contributed by atoms with E-state index in [4.69, 9.17) is 0 Å². The van der Waals surface area contributed by atoms with E-state index in [1.807, 2.05) is 24.3 Å². The van der Waals surface area contributed by atoms with Crippen molar-refractivity contribution in [2.45, 2.75) is 26.3 Å². The van der Waals surface area contributed by atoms with Gasteiger partial charge in [0.25, 0.3) is 0 Å². The minimum Gasteiger partial charge on any atom is -0.508 e. The summed E-state index contributed by atoms with van der Waals surface area (Å²) in [5.74, 6) is 1.32. The zero-order valence-electron chi connectivity index (χ0n) is 13.2. The van der Waals surface area contributed by atoms with Crippen molar-refractivity contribution in [3.63, 3.8) is 0 Å². The third kappa shape index (κ3) is 2.50. The van der Waals surface area contributed by atoms with E-state index >= 15 is 0 Å². The SMILES string of the molecule is Cc1cccc2ncnc(N3CCCc4ccc(O)cc4C3)c12. The van der Waals surface area contributed by atoms with Gasteiger partial charge in [0.15, 0.2) is 0 Å². The van der Waals surface area contributed by atoms with Crippen molar-refractivity contribution in [3.8, 4) is 5.75 Å². The van der Waals surface area contributed by atoms with Crippen LogP contribution in [-0.2, 0) is 13.0 Å². The number of anilines is 1. The molecule has 23 heavy (non-hydrogen) atoms. The minimum absolute atomic E-state index is 0.328. The Hall–Kier alpha value is -2.62. The molecule has 0 unspecified atom stereocenters. The van der Waals surface area contributed by atoms with Crippen molar-refractivity contribution in [2.24, 2.45) is 0 Å². The molecule has 4 heteroatoms. The Labute approximate surface area is 135 Å². The summed E-state index contributed by atoms with van der Waals surface area (Å²) in [5.41, 5.74) is 4.68. The van der Waals surface area contributed by atoms with E-state index in [9.17, 15) is 5.11 Å². The van der Waals surface area contributed by atoms with Crippen LogP contribution in [0.25, 0.3) is 10.9 Å². The molecule has 3 aromatic rings. The van der Waals surface area contributed by atoms with Crippen LogP contribution in [-0.4, -0.2) is 21.6 Å². The number of hydrogen-bond acceptors (Lipinski definition) is 4. The Morgan fingerprint density at radius 1 is 1.09 bits per heavy atom. The highest BCUT2D eigenvalue weighted by Gasteiger charge is 2.19. The fourth-order valence-electron chi connectivity index (χ4n) is 3.43. The molecule has 0 aliphatic carbocycles. The largest absolute Gasteiger partial charge is 0.508 e. The number of nitrogens with zero attached hydrogens (tertiary/aromatic N) is 3. The molecule has 0 atom stereocenters. The van der Waals surface area contributed by atoms with Gasteiger partial charge in [0.05, 0.1) is 5.52 Å². The van der Waals surface area contributed by atoms with Crippen LogP contribution < -0.4 is 4.90 Å². The smallest absolute Gasteiger partial charge is 0.140 e. The number of hydrogen-bond donors (Lipinski definition) is 1. The molecular weight excluding hydrogens is 286 g/mol. The van der Waals surface area contributed by atoms with Crippen molar-refractivity contribution < 1.29 is 5.11 Å². The Bertz CT molecular complexity index is 870. The molecule has 4 nitrogen and oxygen atoms in total. The second-order valence-electron chi connectivity index (χ2n) is 6.14. The topological polar surface area (TPSA) is 49.2 Å². The number of aromatic nitrogens is 2. The summed E-state index contributed by atoms with van der Waals surface area (Å²) >= 11 is 0. The lowest BCUT2D eigenvalue weighted by molar-refractivity contribution is 0.474. The van der Waals surface area contributed by atoms with E-state index in [0.29, 0.717) is 5.75 Å². The number of fused-ring (bicyclic) bond motifs is 2. The maximum Gasteiger partial charge on any atom is 0.140 e. The van der Waals surface area contributed by atoms with E-state index < -0.39 is 0 Å². The van der Waals surface area contributed by atoms with Crippen LogP contribution in [0.5, 0.6) is 5.75 Å². The number of aromatic hydroxyl groups is 1. The molecule has 116 valence electrons. The Morgan fingerprint density at radius 2 is 2.00 bits per heavy atom. The summed E-state index contributed by atoms with van der Waals surface area (Å²) in [6, 6.07) is 11.9. The van der Waals surface area contributed by atoms with Gasteiger partial charge in [-0.25, -0.2) is 9.97 Å². The van der Waals surface area contributed by atoms with Gasteiger partial charge in [-0.3, -0.25) is 0 Å². The second kappa shape index (κ2) is 5.54. The molecule has 0 bridgehead atoms. The van der Waals surface area contributed by atoms with Crippen LogP contribution in [0, 0.1) is 6.92 Å². The molecule has 2 heterocycles. The Kier molecular flexibility index (Phi) is 3.37. The van der Waals surface area contributed by atoms with E-state index in [0.717, 1.165) is 42.7 Å². The normalized spacial score (nSPS) is 14.6. The minimum atomic E-state index is 0.328. The molecule has 4 rings (SSSR count). The Balaban J connectivity index is 1.82. The molecule has 0 fully saturated rings. The lowest BCUT2D eigenvalue weighted by Gasteiger charge is -2.24. The van der Waals surface area contributed by atoms with Gasteiger partial charge in [-0.1, -0.05) is 18.2 Å². The molecule has 1 N–H and O–H groups in total. The summed E-state index contributed by atoms with van der Waals surface area (Å²) in [5, 5.41) is 10.9. The lowest BCUT2D eigenvalue weighted by atomic mass is 10.0. The van der Waals surface area contributed by atoms with Crippen LogP contribution in [0.15, 0.2) is 42.7 Å². The summed E-state index contributed by atoms with van der Waals surface area (Å²) < 4.78 is 0. The monoisotopic (exact) mass is 305 g/mol. The van der Waals surface area contributed by atoms with Crippen LogP contribution >= 0.6 is 0 Å². The zero-order valence-corrected chi connectivity index (χ0v) is 13.2. The molecule has 0 saturated carbocycles. The fourth-order valence-corrected chi connectivity index (χ4v) is 3.43. The quantitative estimate of drug-likeness (QED) is 0.746. The predicted molar refractivity (Wildman–Crippen MR) is 91.8 cm³/mol. The highest BCUT2D eigenvalue weighted by Crippen LogP contribution is 2.30. The molecule has 1 aliphatic heterocycles. The molecule has 0 radical (unpaired) electrons. The molecule has 1 aliphatic rings. The maximum absolute atomic E-state index is 9.81. The van der Waals surface area contributed by atoms with Gasteiger partial charge in [0.1, 0.15) is 17.9 Å². The van der Waals surface area contributed by atoms with Crippen LogP contribution in [0.1, 0.15) is 23.1 Å². The lowest BCUT2D eigenvalue weighted by Crippen LogP contribution is -2.24. The molecule has 2 aromatic carbocycles. The van der Waals surface area contributed by atoms with E-state index in [-0.39, 0.29) is 0 Å².